The van der Waals surface area contributed by atoms with E-state index in [1.165, 1.54) is 12.0 Å². The highest BCUT2D eigenvalue weighted by atomic mass is 16.5. The maximum absolute atomic E-state index is 12.6. The number of rotatable bonds is 12. The first-order valence-corrected chi connectivity index (χ1v) is 13.4. The molecule has 216 valence electrons. The van der Waals surface area contributed by atoms with Crippen molar-refractivity contribution in [3.63, 3.8) is 0 Å². The van der Waals surface area contributed by atoms with E-state index in [0.29, 0.717) is 57.3 Å². The summed E-state index contributed by atoms with van der Waals surface area (Å²) in [6.45, 7) is 5.09. The van der Waals surface area contributed by atoms with Crippen molar-refractivity contribution in [3.8, 4) is 11.5 Å². The number of aliphatic hydroxyl groups is 1. The van der Waals surface area contributed by atoms with Gasteiger partial charge in [0, 0.05) is 39.8 Å². The van der Waals surface area contributed by atoms with Crippen LogP contribution in [-0.2, 0) is 20.9 Å². The molecule has 2 aliphatic heterocycles. The highest BCUT2D eigenvalue weighted by molar-refractivity contribution is 6.01. The molecule has 2 N–H and O–H groups in total. The Morgan fingerprint density at radius 3 is 2.38 bits per heavy atom. The molecule has 11 heteroatoms. The van der Waals surface area contributed by atoms with Crippen LogP contribution in [0.25, 0.3) is 0 Å². The van der Waals surface area contributed by atoms with E-state index in [1.807, 2.05) is 55.5 Å². The largest absolute Gasteiger partial charge is 0.494 e. The van der Waals surface area contributed by atoms with Crippen LogP contribution in [-0.4, -0.2) is 109 Å². The van der Waals surface area contributed by atoms with Crippen molar-refractivity contribution in [2.24, 2.45) is 0 Å². The van der Waals surface area contributed by atoms with E-state index in [1.54, 1.807) is 4.90 Å². The second-order valence-electron chi connectivity index (χ2n) is 10.4. The van der Waals surface area contributed by atoms with Crippen molar-refractivity contribution in [2.75, 3.05) is 66.2 Å². The molecule has 1 unspecified atom stereocenters. The highest BCUT2D eigenvalue weighted by Crippen LogP contribution is 2.21. The Morgan fingerprint density at radius 2 is 1.70 bits per heavy atom. The van der Waals surface area contributed by atoms with Gasteiger partial charge in [0.25, 0.3) is 0 Å². The molecule has 4 amide bonds. The number of urea groups is 1. The number of benzene rings is 2. The zero-order valence-electron chi connectivity index (χ0n) is 23.1. The van der Waals surface area contributed by atoms with Crippen molar-refractivity contribution in [1.82, 2.24) is 20.0 Å². The predicted octanol–water partition coefficient (Wildman–Crippen LogP) is 1.42. The fourth-order valence-electron chi connectivity index (χ4n) is 4.81. The minimum atomic E-state index is -1.27. The van der Waals surface area contributed by atoms with E-state index in [9.17, 15) is 19.5 Å². The molecular weight excluding hydrogens is 516 g/mol. The molecule has 2 saturated heterocycles. The van der Waals surface area contributed by atoms with Crippen molar-refractivity contribution >= 4 is 17.8 Å². The van der Waals surface area contributed by atoms with E-state index in [2.05, 4.69) is 10.2 Å². The summed E-state index contributed by atoms with van der Waals surface area (Å²) in [5.74, 6) is 0.923. The summed E-state index contributed by atoms with van der Waals surface area (Å²) >= 11 is 0. The molecule has 0 aliphatic carbocycles. The van der Waals surface area contributed by atoms with Crippen LogP contribution in [0.4, 0.5) is 4.79 Å². The van der Waals surface area contributed by atoms with Gasteiger partial charge in [0.2, 0.25) is 11.8 Å². The van der Waals surface area contributed by atoms with E-state index < -0.39 is 5.60 Å². The molecular formula is C29H38N4O7. The number of hydrogen-bond donors (Lipinski definition) is 2. The second-order valence-corrected chi connectivity index (χ2v) is 10.4. The van der Waals surface area contributed by atoms with Crippen molar-refractivity contribution < 1.29 is 33.7 Å². The molecule has 0 radical (unpaired) electrons. The lowest BCUT2D eigenvalue weighted by atomic mass is 10.0. The summed E-state index contributed by atoms with van der Waals surface area (Å²) in [7, 11) is 1.48. The Kier molecular flexibility index (Phi) is 9.97. The zero-order chi connectivity index (χ0) is 28.5. The first kappa shape index (κ1) is 29.3. The highest BCUT2D eigenvalue weighted by Gasteiger charge is 2.37. The average Bonchev–Trinajstić information content (AvgIpc) is 3.15. The monoisotopic (exact) mass is 554 g/mol. The van der Waals surface area contributed by atoms with Gasteiger partial charge in [-0.25, -0.2) is 4.79 Å². The molecule has 2 aromatic carbocycles. The number of nitrogens with zero attached hydrogens (tertiary/aromatic N) is 3. The van der Waals surface area contributed by atoms with Crippen LogP contribution in [0.3, 0.4) is 0 Å². The molecule has 1 atom stereocenters. The lowest BCUT2D eigenvalue weighted by Crippen LogP contribution is -2.52. The first-order chi connectivity index (χ1) is 19.2. The smallest absolute Gasteiger partial charge is 0.324 e. The van der Waals surface area contributed by atoms with Gasteiger partial charge >= 0.3 is 6.03 Å². The molecule has 0 aromatic heterocycles. The van der Waals surface area contributed by atoms with E-state index in [4.69, 9.17) is 14.2 Å². The van der Waals surface area contributed by atoms with Crippen molar-refractivity contribution in [3.05, 3.63) is 59.7 Å². The second kappa shape index (κ2) is 13.6. The summed E-state index contributed by atoms with van der Waals surface area (Å²) < 4.78 is 16.8. The molecule has 0 saturated carbocycles. The first-order valence-electron chi connectivity index (χ1n) is 13.4. The minimum Gasteiger partial charge on any atom is -0.494 e. The number of amides is 4. The normalized spacial score (nSPS) is 19.9. The average molecular weight is 555 g/mol. The molecule has 0 spiro atoms. The number of imide groups is 1. The van der Waals surface area contributed by atoms with E-state index in [-0.39, 0.29) is 44.1 Å². The number of hydrogen-bond acceptors (Lipinski definition) is 8. The quantitative estimate of drug-likeness (QED) is 0.299. The standard InChI is InChI=1S/C29H38N4O7/c1-22-4-8-25(9-5-22)40-21-29(37)19-31(13-14-33(20-29)27(35)18-38-2)16-23-6-10-24(11-7-23)39-15-3-12-32-17-26(34)30-28(32)36/h4-11,37H,3,12-21H2,1-2H3,(H,30,34,36). The van der Waals surface area contributed by atoms with Crippen LogP contribution in [0.2, 0.25) is 0 Å². The number of ether oxygens (including phenoxy) is 3. The number of β-amino-alcohol motifs (C(OH)–C–C–N with tert-alkyl or cyclic N) is 1. The Balaban J connectivity index is 1.32. The Morgan fingerprint density at radius 1 is 1.00 bits per heavy atom. The van der Waals surface area contributed by atoms with Gasteiger partial charge < -0.3 is 29.1 Å². The van der Waals surface area contributed by atoms with Crippen LogP contribution >= 0.6 is 0 Å². The summed E-state index contributed by atoms with van der Waals surface area (Å²) in [6.07, 6.45) is 0.609. The molecule has 40 heavy (non-hydrogen) atoms. The summed E-state index contributed by atoms with van der Waals surface area (Å²) in [5.41, 5.74) is 0.886. The fraction of sp³-hybridized carbons (Fsp3) is 0.483. The van der Waals surface area contributed by atoms with Gasteiger partial charge in [0.1, 0.15) is 36.9 Å². The fourth-order valence-corrected chi connectivity index (χ4v) is 4.81. The third-order valence-corrected chi connectivity index (χ3v) is 6.88. The molecule has 11 nitrogen and oxygen atoms in total. The van der Waals surface area contributed by atoms with Crippen LogP contribution in [0.1, 0.15) is 17.5 Å². The van der Waals surface area contributed by atoms with Gasteiger partial charge in [-0.05, 0) is 43.2 Å². The maximum Gasteiger partial charge on any atom is 0.324 e. The molecule has 2 heterocycles. The van der Waals surface area contributed by atoms with Gasteiger partial charge in [0.05, 0.1) is 13.2 Å². The number of nitrogens with one attached hydrogen (secondary N) is 1. The van der Waals surface area contributed by atoms with Gasteiger partial charge in [-0.15, -0.1) is 0 Å². The minimum absolute atomic E-state index is 0.0420. The van der Waals surface area contributed by atoms with Gasteiger partial charge in [-0.2, -0.15) is 0 Å². The predicted molar refractivity (Wildman–Crippen MR) is 147 cm³/mol. The molecule has 4 rings (SSSR count). The summed E-state index contributed by atoms with van der Waals surface area (Å²) in [5, 5.41) is 13.9. The number of methoxy groups -OCH3 is 1. The van der Waals surface area contributed by atoms with Crippen molar-refractivity contribution in [1.29, 1.82) is 0 Å². The van der Waals surface area contributed by atoms with Crippen LogP contribution < -0.4 is 14.8 Å². The van der Waals surface area contributed by atoms with Gasteiger partial charge in [0.15, 0.2) is 0 Å². The maximum atomic E-state index is 12.6. The SMILES string of the molecule is COCC(=O)N1CCN(Cc2ccc(OCCCN3CC(=O)NC3=O)cc2)CC(O)(COc2ccc(C)cc2)C1. The molecule has 2 aromatic rings. The number of carbonyl (C=O) groups excluding carboxylic acids is 3. The Bertz CT molecular complexity index is 1160. The Labute approximate surface area is 234 Å². The molecule has 0 bridgehead atoms. The topological polar surface area (TPSA) is 121 Å². The number of carbonyl (C=O) groups is 3. The summed E-state index contributed by atoms with van der Waals surface area (Å²) in [6, 6.07) is 15.0. The Hall–Kier alpha value is -3.67. The van der Waals surface area contributed by atoms with Crippen LogP contribution in [0, 0.1) is 6.92 Å². The van der Waals surface area contributed by atoms with Crippen LogP contribution in [0.5, 0.6) is 11.5 Å². The van der Waals surface area contributed by atoms with Crippen LogP contribution in [0.15, 0.2) is 48.5 Å². The van der Waals surface area contributed by atoms with Crippen molar-refractivity contribution in [2.45, 2.75) is 25.5 Å². The van der Waals surface area contributed by atoms with Gasteiger partial charge in [-0.3, -0.25) is 19.8 Å². The number of aryl methyl sites for hydroxylation is 1. The lowest BCUT2D eigenvalue weighted by molar-refractivity contribution is -0.138. The third-order valence-electron chi connectivity index (χ3n) is 6.88. The lowest BCUT2D eigenvalue weighted by Gasteiger charge is -2.33. The van der Waals surface area contributed by atoms with E-state index in [0.717, 1.165) is 11.1 Å². The zero-order valence-corrected chi connectivity index (χ0v) is 23.1. The summed E-state index contributed by atoms with van der Waals surface area (Å²) in [4.78, 5) is 40.7. The molecule has 2 fully saturated rings. The van der Waals surface area contributed by atoms with E-state index >= 15 is 0 Å². The van der Waals surface area contributed by atoms with Gasteiger partial charge in [-0.1, -0.05) is 29.8 Å². The third kappa shape index (κ3) is 8.41. The molecule has 2 aliphatic rings.